The van der Waals surface area contributed by atoms with Crippen LogP contribution in [-0.2, 0) is 4.79 Å². The van der Waals surface area contributed by atoms with Crippen LogP contribution in [0.3, 0.4) is 0 Å². The van der Waals surface area contributed by atoms with E-state index in [9.17, 15) is 9.90 Å². The van der Waals surface area contributed by atoms with E-state index in [4.69, 9.17) is 5.11 Å². The van der Waals surface area contributed by atoms with Gasteiger partial charge in [0.2, 0.25) is 0 Å². The lowest BCUT2D eigenvalue weighted by atomic mass is 10.1. The van der Waals surface area contributed by atoms with Crippen molar-refractivity contribution in [3.8, 4) is 0 Å². The van der Waals surface area contributed by atoms with Crippen molar-refractivity contribution in [3.63, 3.8) is 0 Å². The zero-order valence-electron chi connectivity index (χ0n) is 9.27. The number of aliphatic hydroxyl groups excluding tert-OH is 1. The molecule has 1 aliphatic rings. The summed E-state index contributed by atoms with van der Waals surface area (Å²) in [4.78, 5) is 12.5. The summed E-state index contributed by atoms with van der Waals surface area (Å²) in [6.45, 7) is 6.66. The predicted molar refractivity (Wildman–Crippen MR) is 61.2 cm³/mol. The van der Waals surface area contributed by atoms with E-state index in [0.29, 0.717) is 6.54 Å². The minimum Gasteiger partial charge on any atom is -0.481 e. The summed E-state index contributed by atoms with van der Waals surface area (Å²) in [7, 11) is 0. The standard InChI is InChI=1S/C10H19NO3S/c1-10(2)7-11(3-4-15-10)6-8(12)5-9(13)14/h8,12H,3-7H2,1-2H3,(H,13,14). The Bertz CT molecular complexity index is 233. The summed E-state index contributed by atoms with van der Waals surface area (Å²) in [5, 5.41) is 18.0. The minimum absolute atomic E-state index is 0.163. The summed E-state index contributed by atoms with van der Waals surface area (Å²) in [5.74, 6) is 0.112. The SMILES string of the molecule is CC1(C)CN(CC(O)CC(=O)O)CCS1. The van der Waals surface area contributed by atoms with Crippen molar-refractivity contribution in [1.82, 2.24) is 4.90 Å². The monoisotopic (exact) mass is 233 g/mol. The number of hydrogen-bond acceptors (Lipinski definition) is 4. The highest BCUT2D eigenvalue weighted by molar-refractivity contribution is 8.00. The molecule has 0 radical (unpaired) electrons. The highest BCUT2D eigenvalue weighted by Gasteiger charge is 2.28. The Morgan fingerprint density at radius 1 is 1.60 bits per heavy atom. The second-order valence-corrected chi connectivity index (χ2v) is 6.40. The summed E-state index contributed by atoms with van der Waals surface area (Å²) in [6, 6.07) is 0. The zero-order chi connectivity index (χ0) is 11.5. The maximum atomic E-state index is 10.4. The molecule has 2 N–H and O–H groups in total. The van der Waals surface area contributed by atoms with Gasteiger partial charge in [0.15, 0.2) is 0 Å². The second-order valence-electron chi connectivity index (χ2n) is 4.59. The molecule has 0 spiro atoms. The molecule has 0 saturated carbocycles. The lowest BCUT2D eigenvalue weighted by Crippen LogP contribution is -2.46. The number of thioether (sulfide) groups is 1. The third-order valence-electron chi connectivity index (χ3n) is 2.38. The molecule has 1 saturated heterocycles. The molecule has 1 aliphatic heterocycles. The molecule has 0 aromatic rings. The molecule has 1 rings (SSSR count). The fraction of sp³-hybridized carbons (Fsp3) is 0.900. The largest absolute Gasteiger partial charge is 0.481 e. The lowest BCUT2D eigenvalue weighted by Gasteiger charge is -2.38. The van der Waals surface area contributed by atoms with Crippen LogP contribution in [0.5, 0.6) is 0 Å². The van der Waals surface area contributed by atoms with Gasteiger partial charge in [-0.15, -0.1) is 0 Å². The first-order chi connectivity index (χ1) is 6.89. The quantitative estimate of drug-likeness (QED) is 0.746. The molecule has 15 heavy (non-hydrogen) atoms. The van der Waals surface area contributed by atoms with Crippen LogP contribution in [0, 0.1) is 0 Å². The van der Waals surface area contributed by atoms with E-state index in [1.54, 1.807) is 0 Å². The van der Waals surface area contributed by atoms with Gasteiger partial charge in [0.1, 0.15) is 0 Å². The summed E-state index contributed by atoms with van der Waals surface area (Å²) in [6.07, 6.45) is -0.911. The molecular formula is C10H19NO3S. The molecule has 0 aromatic carbocycles. The van der Waals surface area contributed by atoms with Gasteiger partial charge in [-0.05, 0) is 13.8 Å². The lowest BCUT2D eigenvalue weighted by molar-refractivity contribution is -0.139. The Hall–Kier alpha value is -0.260. The summed E-state index contributed by atoms with van der Waals surface area (Å²) < 4.78 is 0.210. The molecule has 1 heterocycles. The highest BCUT2D eigenvalue weighted by atomic mass is 32.2. The van der Waals surface area contributed by atoms with Gasteiger partial charge in [-0.25, -0.2) is 0 Å². The van der Waals surface area contributed by atoms with Crippen LogP contribution in [-0.4, -0.2) is 57.3 Å². The van der Waals surface area contributed by atoms with E-state index in [0.717, 1.165) is 18.8 Å². The van der Waals surface area contributed by atoms with Crippen molar-refractivity contribution in [3.05, 3.63) is 0 Å². The third kappa shape index (κ3) is 4.86. The molecule has 0 aliphatic carbocycles. The average molecular weight is 233 g/mol. The second kappa shape index (κ2) is 5.18. The van der Waals surface area contributed by atoms with Gasteiger partial charge in [-0.3, -0.25) is 9.69 Å². The molecule has 0 amide bonds. The van der Waals surface area contributed by atoms with Crippen molar-refractivity contribution in [2.45, 2.75) is 31.1 Å². The van der Waals surface area contributed by atoms with Crippen LogP contribution in [0.25, 0.3) is 0 Å². The Labute approximate surface area is 94.7 Å². The van der Waals surface area contributed by atoms with Crippen molar-refractivity contribution in [1.29, 1.82) is 0 Å². The van der Waals surface area contributed by atoms with Gasteiger partial charge >= 0.3 is 5.97 Å². The van der Waals surface area contributed by atoms with Crippen LogP contribution in [0.15, 0.2) is 0 Å². The van der Waals surface area contributed by atoms with E-state index in [-0.39, 0.29) is 11.2 Å². The van der Waals surface area contributed by atoms with E-state index in [2.05, 4.69) is 18.7 Å². The van der Waals surface area contributed by atoms with Crippen LogP contribution in [0.2, 0.25) is 0 Å². The topological polar surface area (TPSA) is 60.8 Å². The van der Waals surface area contributed by atoms with Crippen molar-refractivity contribution in [2.24, 2.45) is 0 Å². The molecule has 5 heteroatoms. The van der Waals surface area contributed by atoms with Gasteiger partial charge in [0, 0.05) is 30.1 Å². The van der Waals surface area contributed by atoms with Crippen LogP contribution in [0.1, 0.15) is 20.3 Å². The first kappa shape index (κ1) is 12.8. The molecule has 0 aromatic heterocycles. The average Bonchev–Trinajstić information content (AvgIpc) is 1.99. The van der Waals surface area contributed by atoms with Crippen LogP contribution in [0.4, 0.5) is 0 Å². The summed E-state index contributed by atoms with van der Waals surface area (Å²) in [5.41, 5.74) is 0. The molecule has 0 bridgehead atoms. The van der Waals surface area contributed by atoms with Gasteiger partial charge in [-0.2, -0.15) is 11.8 Å². The van der Waals surface area contributed by atoms with E-state index in [1.165, 1.54) is 0 Å². The fourth-order valence-corrected chi connectivity index (χ4v) is 3.01. The first-order valence-electron chi connectivity index (χ1n) is 5.15. The number of rotatable bonds is 4. The molecule has 1 unspecified atom stereocenters. The van der Waals surface area contributed by atoms with Crippen LogP contribution >= 0.6 is 11.8 Å². The maximum Gasteiger partial charge on any atom is 0.306 e. The number of aliphatic carboxylic acids is 1. The molecular weight excluding hydrogens is 214 g/mol. The number of carboxylic acid groups (broad SMARTS) is 1. The number of carbonyl (C=O) groups is 1. The Morgan fingerprint density at radius 3 is 2.80 bits per heavy atom. The number of hydrogen-bond donors (Lipinski definition) is 2. The van der Waals surface area contributed by atoms with E-state index >= 15 is 0 Å². The fourth-order valence-electron chi connectivity index (χ4n) is 1.83. The molecule has 1 fully saturated rings. The van der Waals surface area contributed by atoms with Crippen molar-refractivity contribution in [2.75, 3.05) is 25.4 Å². The van der Waals surface area contributed by atoms with Crippen LogP contribution < -0.4 is 0 Å². The Morgan fingerprint density at radius 2 is 2.27 bits per heavy atom. The van der Waals surface area contributed by atoms with Gasteiger partial charge in [0.25, 0.3) is 0 Å². The number of carboxylic acids is 1. The minimum atomic E-state index is -0.937. The normalized spacial score (nSPS) is 23.7. The number of β-amino-alcohol motifs (C(OH)–C–C–N with tert-alkyl or cyclic N) is 1. The van der Waals surface area contributed by atoms with Gasteiger partial charge in [0.05, 0.1) is 12.5 Å². The zero-order valence-corrected chi connectivity index (χ0v) is 10.1. The van der Waals surface area contributed by atoms with Crippen molar-refractivity contribution < 1.29 is 15.0 Å². The smallest absolute Gasteiger partial charge is 0.306 e. The van der Waals surface area contributed by atoms with E-state index in [1.807, 2.05) is 11.8 Å². The maximum absolute atomic E-state index is 10.4. The molecule has 88 valence electrons. The number of aliphatic hydroxyl groups is 1. The molecule has 1 atom stereocenters. The van der Waals surface area contributed by atoms with E-state index < -0.39 is 12.1 Å². The first-order valence-corrected chi connectivity index (χ1v) is 6.14. The predicted octanol–water partition coefficient (Wildman–Crippen LogP) is 0.649. The van der Waals surface area contributed by atoms with Gasteiger partial charge in [-0.1, -0.05) is 0 Å². The van der Waals surface area contributed by atoms with Gasteiger partial charge < -0.3 is 10.2 Å². The number of nitrogens with zero attached hydrogens (tertiary/aromatic N) is 1. The molecule has 4 nitrogen and oxygen atoms in total. The Balaban J connectivity index is 2.34. The summed E-state index contributed by atoms with van der Waals surface area (Å²) >= 11 is 1.93. The Kier molecular flexibility index (Phi) is 4.43. The third-order valence-corrected chi connectivity index (χ3v) is 3.68. The highest BCUT2D eigenvalue weighted by Crippen LogP contribution is 2.29. The van der Waals surface area contributed by atoms with Crippen molar-refractivity contribution >= 4 is 17.7 Å².